The molecule has 2 heterocycles. The number of carboxylic acid groups (broad SMARTS) is 1. The molecule has 0 aliphatic carbocycles. The minimum Gasteiger partial charge on any atom is -0.479 e. The maximum Gasteiger partial charge on any atom is 0.335 e. The molecule has 1 aliphatic rings. The van der Waals surface area contributed by atoms with Crippen LogP contribution in [0.2, 0.25) is 0 Å². The maximum absolute atomic E-state index is 12.8. The lowest BCUT2D eigenvalue weighted by Crippen LogP contribution is -2.61. The van der Waals surface area contributed by atoms with E-state index in [1.165, 1.54) is 18.2 Å². The number of unbranched alkanes of at least 4 members (excludes halogenated alkanes) is 1. The molecule has 1 aromatic carbocycles. The largest absolute Gasteiger partial charge is 0.479 e. The van der Waals surface area contributed by atoms with E-state index in [2.05, 4.69) is 32.4 Å². The van der Waals surface area contributed by atoms with Crippen LogP contribution in [0.15, 0.2) is 30.6 Å². The van der Waals surface area contributed by atoms with E-state index in [4.69, 9.17) is 23.7 Å². The van der Waals surface area contributed by atoms with Crippen molar-refractivity contribution >= 4 is 29.4 Å². The van der Waals surface area contributed by atoms with Crippen molar-refractivity contribution in [2.45, 2.75) is 90.2 Å². The number of nitrogens with zero attached hydrogens (tertiary/aromatic N) is 2. The van der Waals surface area contributed by atoms with Crippen LogP contribution in [-0.2, 0) is 44.7 Å². The van der Waals surface area contributed by atoms with Gasteiger partial charge in [-0.25, -0.2) is 14.8 Å². The fourth-order valence-electron chi connectivity index (χ4n) is 4.59. The van der Waals surface area contributed by atoms with E-state index in [-0.39, 0.29) is 55.6 Å². The summed E-state index contributed by atoms with van der Waals surface area (Å²) >= 11 is 0. The average Bonchev–Trinajstić information content (AvgIpc) is 3.12. The van der Waals surface area contributed by atoms with E-state index in [0.717, 1.165) is 11.4 Å². The summed E-state index contributed by atoms with van der Waals surface area (Å²) in [5.41, 5.74) is 1.22. The van der Waals surface area contributed by atoms with Gasteiger partial charge in [-0.3, -0.25) is 14.4 Å². The average molecular weight is 745 g/mol. The molecule has 1 saturated heterocycles. The highest BCUT2D eigenvalue weighted by molar-refractivity contribution is 5.93. The summed E-state index contributed by atoms with van der Waals surface area (Å²) in [4.78, 5) is 56.8. The quantitative estimate of drug-likeness (QED) is 0.0664. The number of aliphatic hydroxyl groups excluding tert-OH is 3. The van der Waals surface area contributed by atoms with Crippen LogP contribution in [0.1, 0.15) is 69.8 Å². The Balaban J connectivity index is 1.40. The van der Waals surface area contributed by atoms with Gasteiger partial charge in [-0.15, -0.1) is 0 Å². The van der Waals surface area contributed by atoms with Crippen LogP contribution < -0.4 is 15.4 Å². The van der Waals surface area contributed by atoms with Gasteiger partial charge in [0.1, 0.15) is 43.1 Å². The third-order valence-corrected chi connectivity index (χ3v) is 7.53. The predicted molar refractivity (Wildman–Crippen MR) is 186 cm³/mol. The highest BCUT2D eigenvalue weighted by Gasteiger charge is 2.48. The molecule has 2 aromatic rings. The summed E-state index contributed by atoms with van der Waals surface area (Å²) in [6.45, 7) is 7.55. The number of hydrogen-bond acceptors (Lipinski definition) is 14. The molecule has 6 N–H and O–H groups in total. The fraction of sp³-hybridized carbons (Fsp3) is 0.556. The molecule has 0 spiro atoms. The number of nitrogens with one attached hydrogen (secondary N) is 2. The van der Waals surface area contributed by atoms with E-state index in [1.807, 2.05) is 13.8 Å². The molecule has 0 bridgehead atoms. The number of carbonyl (C=O) groups excluding carboxylic acids is 3. The predicted octanol–water partition coefficient (Wildman–Crippen LogP) is 0.880. The molecule has 0 unspecified atom stereocenters. The summed E-state index contributed by atoms with van der Waals surface area (Å²) in [6, 6.07) is 4.30. The van der Waals surface area contributed by atoms with Gasteiger partial charge in [0.25, 0.3) is 0 Å². The number of amides is 2. The number of carbonyl (C=O) groups is 4. The van der Waals surface area contributed by atoms with E-state index < -0.39 is 55.2 Å². The Labute approximate surface area is 307 Å². The summed E-state index contributed by atoms with van der Waals surface area (Å²) in [6.07, 6.45) is -4.45. The van der Waals surface area contributed by atoms with Gasteiger partial charge >= 0.3 is 11.9 Å². The Kier molecular flexibility index (Phi) is 17.5. The summed E-state index contributed by atoms with van der Waals surface area (Å²) in [5.74, 6) is 3.77. The lowest BCUT2D eigenvalue weighted by molar-refractivity contribution is -0.271. The lowest BCUT2D eigenvalue weighted by atomic mass is 9.99. The van der Waals surface area contributed by atoms with E-state index in [0.29, 0.717) is 31.4 Å². The molecule has 290 valence electrons. The number of rotatable bonds is 19. The Hall–Kier alpha value is -4.70. The van der Waals surface area contributed by atoms with Gasteiger partial charge in [-0.05, 0) is 24.1 Å². The van der Waals surface area contributed by atoms with Crippen molar-refractivity contribution in [2.75, 3.05) is 38.3 Å². The molecule has 53 heavy (non-hydrogen) atoms. The van der Waals surface area contributed by atoms with Crippen molar-refractivity contribution in [3.63, 3.8) is 0 Å². The second kappa shape index (κ2) is 21.7. The van der Waals surface area contributed by atoms with Crippen molar-refractivity contribution in [1.82, 2.24) is 15.3 Å². The topological polar surface area (TPSA) is 245 Å². The molecule has 5 atom stereocenters. The molecule has 0 saturated carbocycles. The first-order valence-corrected chi connectivity index (χ1v) is 17.2. The monoisotopic (exact) mass is 744 g/mol. The van der Waals surface area contributed by atoms with Gasteiger partial charge in [-0.2, -0.15) is 0 Å². The number of ether oxygens (including phenoxy) is 5. The molecule has 1 fully saturated rings. The molecule has 17 nitrogen and oxygen atoms in total. The van der Waals surface area contributed by atoms with E-state index in [9.17, 15) is 39.6 Å². The highest BCUT2D eigenvalue weighted by atomic mass is 16.7. The standard InChI is InChI=1S/C36H48N4O13/c1-21(2)33-38-17-24(18-39-33)8-6-5-7-9-27(41)37-12-13-49-14-15-50-20-28(42)40-25-16-23(19-51-35(48)22(3)4)10-11-26(25)52-36-31(45)29(43)30(44)32(53-36)34(46)47/h10-11,16-18,21-22,29-32,36,43-45H,5,7,9,12-15,19-20H2,1-4H3,(H,37,41)(H,40,42)(H,46,47)/t29-,30-,31+,32-,36+/m0/s1. The first-order chi connectivity index (χ1) is 25.3. The number of carboxylic acids is 1. The van der Waals surface area contributed by atoms with Crippen LogP contribution in [0.25, 0.3) is 0 Å². The van der Waals surface area contributed by atoms with Gasteiger partial charge in [0.05, 0.1) is 37.0 Å². The number of aliphatic carboxylic acids is 1. The van der Waals surface area contributed by atoms with E-state index in [1.54, 1.807) is 26.2 Å². The lowest BCUT2D eigenvalue weighted by Gasteiger charge is -2.38. The zero-order chi connectivity index (χ0) is 38.9. The van der Waals surface area contributed by atoms with Gasteiger partial charge in [0.2, 0.25) is 18.1 Å². The number of esters is 1. The van der Waals surface area contributed by atoms with Crippen LogP contribution in [0.3, 0.4) is 0 Å². The molecular formula is C36H48N4O13. The first kappa shape index (κ1) is 42.7. The van der Waals surface area contributed by atoms with Gasteiger partial charge < -0.3 is 54.7 Å². The Morgan fingerprint density at radius 1 is 0.943 bits per heavy atom. The number of hydrogen-bond donors (Lipinski definition) is 6. The molecule has 17 heteroatoms. The number of anilines is 1. The second-order valence-electron chi connectivity index (χ2n) is 12.6. The van der Waals surface area contributed by atoms with Crippen LogP contribution in [-0.4, -0.2) is 118 Å². The zero-order valence-electron chi connectivity index (χ0n) is 30.1. The van der Waals surface area contributed by atoms with Gasteiger partial charge in [-0.1, -0.05) is 45.6 Å². The minimum atomic E-state index is -1.92. The number of benzene rings is 1. The number of aliphatic hydroxyl groups is 3. The number of aromatic nitrogens is 2. The molecular weight excluding hydrogens is 696 g/mol. The Morgan fingerprint density at radius 2 is 1.66 bits per heavy atom. The van der Waals surface area contributed by atoms with Crippen LogP contribution in [0, 0.1) is 17.8 Å². The smallest absolute Gasteiger partial charge is 0.335 e. The minimum absolute atomic E-state index is 0.0324. The van der Waals surface area contributed by atoms with Crippen molar-refractivity contribution < 1.29 is 63.3 Å². The zero-order valence-corrected chi connectivity index (χ0v) is 30.1. The fourth-order valence-corrected chi connectivity index (χ4v) is 4.59. The van der Waals surface area contributed by atoms with Gasteiger partial charge in [0.15, 0.2) is 6.10 Å². The molecule has 3 rings (SSSR count). The van der Waals surface area contributed by atoms with Crippen LogP contribution in [0.5, 0.6) is 5.75 Å². The van der Waals surface area contributed by atoms with Crippen molar-refractivity contribution in [2.24, 2.45) is 5.92 Å². The van der Waals surface area contributed by atoms with Crippen molar-refractivity contribution in [3.8, 4) is 17.6 Å². The second-order valence-corrected chi connectivity index (χ2v) is 12.6. The third kappa shape index (κ3) is 14.3. The Bertz CT molecular complexity index is 1580. The third-order valence-electron chi connectivity index (χ3n) is 7.53. The SMILES string of the molecule is CC(C)C(=O)OCc1ccc(O[C@@H]2O[C@H](C(=O)O)[C@@H](O)[C@H](O)[C@H]2O)c(NC(=O)COCCOCCNC(=O)CCCC#Cc2cnc(C(C)C)nc2)c1. The molecule has 1 aliphatic heterocycles. The molecule has 0 radical (unpaired) electrons. The molecule has 1 aromatic heterocycles. The Morgan fingerprint density at radius 3 is 2.34 bits per heavy atom. The van der Waals surface area contributed by atoms with Crippen LogP contribution >= 0.6 is 0 Å². The van der Waals surface area contributed by atoms with E-state index >= 15 is 0 Å². The van der Waals surface area contributed by atoms with Crippen LogP contribution in [0.4, 0.5) is 5.69 Å². The van der Waals surface area contributed by atoms with Crippen molar-refractivity contribution in [3.05, 3.63) is 47.5 Å². The molecule has 2 amide bonds. The maximum atomic E-state index is 12.8. The van der Waals surface area contributed by atoms with Crippen molar-refractivity contribution in [1.29, 1.82) is 0 Å². The normalized spacial score (nSPS) is 19.6. The summed E-state index contributed by atoms with van der Waals surface area (Å²) < 4.78 is 26.9. The summed E-state index contributed by atoms with van der Waals surface area (Å²) in [5, 5.41) is 45.2. The first-order valence-electron chi connectivity index (χ1n) is 17.2. The van der Waals surface area contributed by atoms with Gasteiger partial charge in [0, 0.05) is 37.7 Å². The summed E-state index contributed by atoms with van der Waals surface area (Å²) in [7, 11) is 0. The highest BCUT2D eigenvalue weighted by Crippen LogP contribution is 2.31.